The quantitative estimate of drug-likeness (QED) is 0.502. The van der Waals surface area contributed by atoms with Gasteiger partial charge in [-0.2, -0.15) is 0 Å². The summed E-state index contributed by atoms with van der Waals surface area (Å²) in [5.74, 6) is -0.348. The summed E-state index contributed by atoms with van der Waals surface area (Å²) in [5.41, 5.74) is 1.17. The molecule has 0 atom stereocenters. The number of anilines is 2. The van der Waals surface area contributed by atoms with E-state index in [-0.39, 0.29) is 28.3 Å². The van der Waals surface area contributed by atoms with Gasteiger partial charge in [-0.05, 0) is 67.6 Å². The number of nitrogens with one attached hydrogen (secondary N) is 1. The van der Waals surface area contributed by atoms with Crippen LogP contribution in [0.2, 0.25) is 0 Å². The number of benzene rings is 3. The largest absolute Gasteiger partial charge is 0.497 e. The number of carbonyl (C=O) groups excluding carboxylic acids is 2. The summed E-state index contributed by atoms with van der Waals surface area (Å²) in [6.45, 7) is 1.91. The Hall–Kier alpha value is -3.85. The van der Waals surface area contributed by atoms with Gasteiger partial charge in [0, 0.05) is 12.7 Å². The molecule has 0 heterocycles. The molecule has 172 valence electrons. The SMILES string of the molecule is CCOC(=O)c1ccc(S(=O)(=O)N(C)c2ccccc2C(=O)Nc2ccc(OC)cc2)cc1. The van der Waals surface area contributed by atoms with Crippen LogP contribution in [0.5, 0.6) is 5.75 Å². The number of ether oxygens (including phenoxy) is 2. The van der Waals surface area contributed by atoms with E-state index in [1.165, 1.54) is 31.3 Å². The lowest BCUT2D eigenvalue weighted by molar-refractivity contribution is 0.0526. The van der Waals surface area contributed by atoms with Crippen molar-refractivity contribution in [2.75, 3.05) is 30.4 Å². The number of sulfonamides is 1. The van der Waals surface area contributed by atoms with E-state index in [0.29, 0.717) is 11.4 Å². The third-order valence-corrected chi connectivity index (χ3v) is 6.65. The smallest absolute Gasteiger partial charge is 0.338 e. The molecule has 0 radical (unpaired) electrons. The summed E-state index contributed by atoms with van der Waals surface area (Å²) >= 11 is 0. The standard InChI is InChI=1S/C24H24N2O6S/c1-4-32-24(28)17-9-15-20(16-10-17)33(29,30)26(2)22-8-6-5-7-21(22)23(27)25-18-11-13-19(31-3)14-12-18/h5-16H,4H2,1-3H3,(H,25,27). The molecule has 0 aromatic heterocycles. The van der Waals surface area contributed by atoms with E-state index in [0.717, 1.165) is 4.31 Å². The number of para-hydroxylation sites is 1. The summed E-state index contributed by atoms with van der Waals surface area (Å²) in [5, 5.41) is 2.76. The average molecular weight is 469 g/mol. The lowest BCUT2D eigenvalue weighted by Crippen LogP contribution is -2.29. The molecule has 33 heavy (non-hydrogen) atoms. The maximum Gasteiger partial charge on any atom is 0.338 e. The molecule has 0 fully saturated rings. The number of nitrogens with zero attached hydrogens (tertiary/aromatic N) is 1. The minimum atomic E-state index is -4.00. The molecule has 0 saturated heterocycles. The van der Waals surface area contributed by atoms with Crippen molar-refractivity contribution in [3.63, 3.8) is 0 Å². The summed E-state index contributed by atoms with van der Waals surface area (Å²) in [6, 6.07) is 18.6. The molecule has 3 aromatic rings. The van der Waals surface area contributed by atoms with E-state index in [4.69, 9.17) is 9.47 Å². The van der Waals surface area contributed by atoms with Crippen molar-refractivity contribution < 1.29 is 27.5 Å². The second kappa shape index (κ2) is 10.2. The fourth-order valence-corrected chi connectivity index (χ4v) is 4.29. The molecule has 3 aromatic carbocycles. The van der Waals surface area contributed by atoms with Crippen LogP contribution in [0.15, 0.2) is 77.7 Å². The maximum atomic E-state index is 13.2. The van der Waals surface area contributed by atoms with Gasteiger partial charge in [0.25, 0.3) is 15.9 Å². The van der Waals surface area contributed by atoms with Gasteiger partial charge in [0.1, 0.15) is 5.75 Å². The summed E-state index contributed by atoms with van der Waals surface area (Å²) in [7, 11) is -1.08. The van der Waals surface area contributed by atoms with Crippen LogP contribution < -0.4 is 14.4 Å². The minimum absolute atomic E-state index is 0.0246. The van der Waals surface area contributed by atoms with E-state index in [9.17, 15) is 18.0 Å². The van der Waals surface area contributed by atoms with Crippen molar-refractivity contribution in [3.8, 4) is 5.75 Å². The predicted octanol–water partition coefficient (Wildman–Crippen LogP) is 3.95. The maximum absolute atomic E-state index is 13.2. The molecule has 0 bridgehead atoms. The highest BCUT2D eigenvalue weighted by Gasteiger charge is 2.25. The van der Waals surface area contributed by atoms with E-state index >= 15 is 0 Å². The van der Waals surface area contributed by atoms with Crippen molar-refractivity contribution in [2.24, 2.45) is 0 Å². The first kappa shape index (κ1) is 23.8. The van der Waals surface area contributed by atoms with E-state index in [2.05, 4.69) is 5.32 Å². The molecule has 9 heteroatoms. The van der Waals surface area contributed by atoms with Gasteiger partial charge in [-0.15, -0.1) is 0 Å². The Morgan fingerprint density at radius 2 is 1.58 bits per heavy atom. The average Bonchev–Trinajstić information content (AvgIpc) is 2.84. The van der Waals surface area contributed by atoms with Crippen LogP contribution in [-0.4, -0.2) is 41.1 Å². The second-order valence-electron chi connectivity index (χ2n) is 6.92. The zero-order valence-corrected chi connectivity index (χ0v) is 19.3. The Morgan fingerprint density at radius 1 is 0.939 bits per heavy atom. The van der Waals surface area contributed by atoms with Crippen LogP contribution in [0.3, 0.4) is 0 Å². The highest BCUT2D eigenvalue weighted by Crippen LogP contribution is 2.27. The summed E-state index contributed by atoms with van der Waals surface area (Å²) < 4.78 is 37.5. The third-order valence-electron chi connectivity index (χ3n) is 4.86. The van der Waals surface area contributed by atoms with Gasteiger partial charge in [0.2, 0.25) is 0 Å². The van der Waals surface area contributed by atoms with Gasteiger partial charge in [0.05, 0.1) is 35.4 Å². The van der Waals surface area contributed by atoms with Crippen molar-refractivity contribution in [2.45, 2.75) is 11.8 Å². The first-order valence-electron chi connectivity index (χ1n) is 10.1. The van der Waals surface area contributed by atoms with Crippen molar-refractivity contribution in [1.82, 2.24) is 0 Å². The van der Waals surface area contributed by atoms with Crippen LogP contribution in [0, 0.1) is 0 Å². The number of amides is 1. The monoisotopic (exact) mass is 468 g/mol. The first-order chi connectivity index (χ1) is 15.8. The Kier molecular flexibility index (Phi) is 7.34. The van der Waals surface area contributed by atoms with E-state index in [1.54, 1.807) is 62.6 Å². The normalized spacial score (nSPS) is 10.9. The van der Waals surface area contributed by atoms with Gasteiger partial charge in [-0.25, -0.2) is 13.2 Å². The highest BCUT2D eigenvalue weighted by atomic mass is 32.2. The van der Waals surface area contributed by atoms with E-state index in [1.807, 2.05) is 0 Å². The number of methoxy groups -OCH3 is 1. The van der Waals surface area contributed by atoms with Crippen molar-refractivity contribution in [3.05, 3.63) is 83.9 Å². The molecule has 0 aliphatic carbocycles. The van der Waals surface area contributed by atoms with Crippen LogP contribution in [-0.2, 0) is 14.8 Å². The molecule has 0 spiro atoms. The van der Waals surface area contributed by atoms with Crippen LogP contribution >= 0.6 is 0 Å². The number of rotatable bonds is 8. The topological polar surface area (TPSA) is 102 Å². The highest BCUT2D eigenvalue weighted by molar-refractivity contribution is 7.92. The van der Waals surface area contributed by atoms with E-state index < -0.39 is 21.9 Å². The molecular weight excluding hydrogens is 444 g/mol. The minimum Gasteiger partial charge on any atom is -0.497 e. The first-order valence-corrected chi connectivity index (χ1v) is 11.5. The van der Waals surface area contributed by atoms with Gasteiger partial charge >= 0.3 is 5.97 Å². The molecule has 0 unspecified atom stereocenters. The molecule has 3 rings (SSSR count). The molecule has 0 aliphatic rings. The second-order valence-corrected chi connectivity index (χ2v) is 8.89. The lowest BCUT2D eigenvalue weighted by atomic mass is 10.1. The molecule has 0 saturated carbocycles. The van der Waals surface area contributed by atoms with Gasteiger partial charge in [0.15, 0.2) is 0 Å². The Labute approximate surface area is 192 Å². The number of hydrogen-bond acceptors (Lipinski definition) is 6. The zero-order valence-electron chi connectivity index (χ0n) is 18.4. The fraction of sp³-hybridized carbons (Fsp3) is 0.167. The van der Waals surface area contributed by atoms with Crippen molar-refractivity contribution in [1.29, 1.82) is 0 Å². The fourth-order valence-electron chi connectivity index (χ4n) is 3.08. The van der Waals surface area contributed by atoms with Gasteiger partial charge in [-0.1, -0.05) is 12.1 Å². The number of esters is 1. The molecule has 8 nitrogen and oxygen atoms in total. The van der Waals surface area contributed by atoms with Crippen LogP contribution in [0.1, 0.15) is 27.6 Å². The number of carbonyl (C=O) groups is 2. The molecule has 1 N–H and O–H groups in total. The zero-order chi connectivity index (χ0) is 24.0. The lowest BCUT2D eigenvalue weighted by Gasteiger charge is -2.22. The van der Waals surface area contributed by atoms with Crippen LogP contribution in [0.25, 0.3) is 0 Å². The molecule has 1 amide bonds. The Morgan fingerprint density at radius 3 is 2.18 bits per heavy atom. The van der Waals surface area contributed by atoms with Gasteiger partial charge in [-0.3, -0.25) is 9.10 Å². The van der Waals surface area contributed by atoms with Gasteiger partial charge < -0.3 is 14.8 Å². The Bertz CT molecular complexity index is 1240. The Balaban J connectivity index is 1.86. The predicted molar refractivity (Wildman–Crippen MR) is 125 cm³/mol. The molecular formula is C24H24N2O6S. The summed E-state index contributed by atoms with van der Waals surface area (Å²) in [6.07, 6.45) is 0. The molecule has 0 aliphatic heterocycles. The van der Waals surface area contributed by atoms with Crippen LogP contribution in [0.4, 0.5) is 11.4 Å². The third kappa shape index (κ3) is 5.32. The number of hydrogen-bond donors (Lipinski definition) is 1. The van der Waals surface area contributed by atoms with Crippen molar-refractivity contribution >= 4 is 33.3 Å². The summed E-state index contributed by atoms with van der Waals surface area (Å²) in [4.78, 5) is 24.7.